The predicted molar refractivity (Wildman–Crippen MR) is 122 cm³/mol. The number of amides is 1. The zero-order valence-electron chi connectivity index (χ0n) is 18.5. The quantitative estimate of drug-likeness (QED) is 0.511. The minimum atomic E-state index is -3.88. The highest BCUT2D eigenvalue weighted by atomic mass is 32.2. The van der Waals surface area contributed by atoms with E-state index in [9.17, 15) is 13.2 Å². The molecule has 0 spiro atoms. The molecule has 0 saturated heterocycles. The van der Waals surface area contributed by atoms with Crippen LogP contribution in [0.1, 0.15) is 27.7 Å². The number of methoxy groups -OCH3 is 1. The van der Waals surface area contributed by atoms with Gasteiger partial charge in [-0.1, -0.05) is 6.07 Å². The fourth-order valence-corrected chi connectivity index (χ4v) is 4.27. The average Bonchev–Trinajstić information content (AvgIpc) is 3.28. The average molecular weight is 458 g/mol. The number of benzene rings is 2. The van der Waals surface area contributed by atoms with E-state index in [2.05, 4.69) is 10.0 Å². The zero-order chi connectivity index (χ0) is 23.3. The summed E-state index contributed by atoms with van der Waals surface area (Å²) in [5.74, 6) is 0.988. The van der Waals surface area contributed by atoms with Crippen molar-refractivity contribution in [1.29, 1.82) is 0 Å². The maximum absolute atomic E-state index is 12.9. The molecule has 1 atom stereocenters. The Morgan fingerprint density at radius 3 is 2.44 bits per heavy atom. The highest BCUT2D eigenvalue weighted by Crippen LogP contribution is 2.22. The summed E-state index contributed by atoms with van der Waals surface area (Å²) in [5, 5.41) is 2.88. The van der Waals surface area contributed by atoms with Crippen molar-refractivity contribution in [3.05, 3.63) is 77.7 Å². The predicted octanol–water partition coefficient (Wildman–Crippen LogP) is 3.43. The number of hydrogen-bond donors (Lipinski definition) is 2. The number of nitrogens with zero attached hydrogens (tertiary/aromatic N) is 1. The Kier molecular flexibility index (Phi) is 7.22. The van der Waals surface area contributed by atoms with E-state index < -0.39 is 10.0 Å². The SMILES string of the molecule is COc1ccc(NS(=O)(=O)c2ccc(C)c(C(=O)NC[C@H](c3ccco3)N(C)C)c2)cc1. The van der Waals surface area contributed by atoms with E-state index in [0.717, 1.165) is 5.76 Å². The number of anilines is 1. The van der Waals surface area contributed by atoms with Crippen LogP contribution in [0.2, 0.25) is 0 Å². The summed E-state index contributed by atoms with van der Waals surface area (Å²) in [7, 11) is 1.44. The lowest BCUT2D eigenvalue weighted by Gasteiger charge is -2.22. The monoisotopic (exact) mass is 457 g/mol. The van der Waals surface area contributed by atoms with Crippen LogP contribution in [0.3, 0.4) is 0 Å². The van der Waals surface area contributed by atoms with Crippen LogP contribution in [0.4, 0.5) is 5.69 Å². The summed E-state index contributed by atoms with van der Waals surface area (Å²) >= 11 is 0. The zero-order valence-corrected chi connectivity index (χ0v) is 19.3. The van der Waals surface area contributed by atoms with Gasteiger partial charge in [0.05, 0.1) is 24.3 Å². The van der Waals surface area contributed by atoms with Gasteiger partial charge in [0.1, 0.15) is 11.5 Å². The molecule has 2 aromatic carbocycles. The van der Waals surface area contributed by atoms with Crippen LogP contribution in [0.5, 0.6) is 5.75 Å². The molecule has 0 saturated carbocycles. The van der Waals surface area contributed by atoms with E-state index in [1.165, 1.54) is 19.2 Å². The van der Waals surface area contributed by atoms with Gasteiger partial charge in [0.2, 0.25) is 0 Å². The largest absolute Gasteiger partial charge is 0.497 e. The summed E-state index contributed by atoms with van der Waals surface area (Å²) in [6.07, 6.45) is 1.59. The van der Waals surface area contributed by atoms with E-state index in [0.29, 0.717) is 29.1 Å². The van der Waals surface area contributed by atoms with Crippen molar-refractivity contribution < 1.29 is 22.4 Å². The number of hydrogen-bond acceptors (Lipinski definition) is 6. The number of likely N-dealkylation sites (N-methyl/N-ethyl adjacent to an activating group) is 1. The van der Waals surface area contributed by atoms with Crippen molar-refractivity contribution >= 4 is 21.6 Å². The minimum Gasteiger partial charge on any atom is -0.497 e. The van der Waals surface area contributed by atoms with Crippen molar-refractivity contribution in [2.45, 2.75) is 17.9 Å². The molecule has 32 heavy (non-hydrogen) atoms. The molecule has 0 unspecified atom stereocenters. The number of carbonyl (C=O) groups is 1. The lowest BCUT2D eigenvalue weighted by Crippen LogP contribution is -2.34. The lowest BCUT2D eigenvalue weighted by molar-refractivity contribution is 0.0938. The molecule has 1 amide bonds. The van der Waals surface area contributed by atoms with E-state index in [4.69, 9.17) is 9.15 Å². The number of ether oxygens (including phenoxy) is 1. The van der Waals surface area contributed by atoms with E-state index in [1.807, 2.05) is 25.1 Å². The van der Waals surface area contributed by atoms with Crippen LogP contribution in [-0.2, 0) is 10.0 Å². The standard InChI is InChI=1S/C23H27N3O5S/c1-16-7-12-19(32(28,29)25-17-8-10-18(30-4)11-9-17)14-20(16)23(27)24-15-21(26(2)3)22-6-5-13-31-22/h5-14,21,25H,15H2,1-4H3,(H,24,27)/t21-/m1/s1. The Balaban J connectivity index is 1.77. The van der Waals surface area contributed by atoms with E-state index in [-0.39, 0.29) is 16.8 Å². The molecule has 0 bridgehead atoms. The Bertz CT molecular complexity index is 1160. The molecular formula is C23H27N3O5S. The highest BCUT2D eigenvalue weighted by Gasteiger charge is 2.21. The first-order chi connectivity index (χ1) is 15.2. The highest BCUT2D eigenvalue weighted by molar-refractivity contribution is 7.92. The molecule has 3 aromatic rings. The first-order valence-corrected chi connectivity index (χ1v) is 11.4. The maximum atomic E-state index is 12.9. The first-order valence-electron chi connectivity index (χ1n) is 9.97. The van der Waals surface area contributed by atoms with Gasteiger partial charge < -0.3 is 14.5 Å². The Morgan fingerprint density at radius 2 is 1.84 bits per heavy atom. The third-order valence-corrected chi connectivity index (χ3v) is 6.44. The number of rotatable bonds is 9. The van der Waals surface area contributed by atoms with Gasteiger partial charge in [0, 0.05) is 17.8 Å². The molecule has 0 aliphatic carbocycles. The summed E-state index contributed by atoms with van der Waals surface area (Å²) in [4.78, 5) is 14.8. The van der Waals surface area contributed by atoms with Gasteiger partial charge in [-0.05, 0) is 75.1 Å². The third kappa shape index (κ3) is 5.49. The van der Waals surface area contributed by atoms with Crippen molar-refractivity contribution in [1.82, 2.24) is 10.2 Å². The smallest absolute Gasteiger partial charge is 0.261 e. The molecule has 0 radical (unpaired) electrons. The number of aryl methyl sites for hydroxylation is 1. The number of furan rings is 1. The number of carbonyl (C=O) groups excluding carboxylic acids is 1. The molecule has 170 valence electrons. The number of sulfonamides is 1. The minimum absolute atomic E-state index is 0.000683. The molecule has 0 aliphatic rings. The van der Waals surface area contributed by atoms with Crippen molar-refractivity contribution in [2.75, 3.05) is 32.5 Å². The first kappa shape index (κ1) is 23.4. The van der Waals surface area contributed by atoms with E-state index >= 15 is 0 Å². The second-order valence-electron chi connectivity index (χ2n) is 7.52. The normalized spacial score (nSPS) is 12.4. The summed E-state index contributed by atoms with van der Waals surface area (Å²) in [6, 6.07) is 14.5. The van der Waals surface area contributed by atoms with Gasteiger partial charge in [0.15, 0.2) is 0 Å². The number of nitrogens with one attached hydrogen (secondary N) is 2. The van der Waals surface area contributed by atoms with Crippen molar-refractivity contribution in [3.63, 3.8) is 0 Å². The van der Waals surface area contributed by atoms with Gasteiger partial charge >= 0.3 is 0 Å². The van der Waals surface area contributed by atoms with Crippen LogP contribution in [0.25, 0.3) is 0 Å². The van der Waals surface area contributed by atoms with Crippen LogP contribution >= 0.6 is 0 Å². The molecule has 1 heterocycles. The topological polar surface area (TPSA) is 101 Å². The lowest BCUT2D eigenvalue weighted by atomic mass is 10.1. The Labute approximate surface area is 188 Å². The van der Waals surface area contributed by atoms with Crippen molar-refractivity contribution in [3.8, 4) is 5.75 Å². The second kappa shape index (κ2) is 9.88. The van der Waals surface area contributed by atoms with Gasteiger partial charge in [0.25, 0.3) is 15.9 Å². The van der Waals surface area contributed by atoms with Gasteiger partial charge in [-0.2, -0.15) is 0 Å². The fourth-order valence-electron chi connectivity index (χ4n) is 3.19. The summed E-state index contributed by atoms with van der Waals surface area (Å²) in [6.45, 7) is 2.07. The second-order valence-corrected chi connectivity index (χ2v) is 9.20. The van der Waals surface area contributed by atoms with E-state index in [1.54, 1.807) is 49.6 Å². The molecule has 0 fully saturated rings. The summed E-state index contributed by atoms with van der Waals surface area (Å²) in [5.41, 5.74) is 1.36. The molecule has 9 heteroatoms. The van der Waals surface area contributed by atoms with Gasteiger partial charge in [-0.25, -0.2) is 8.42 Å². The Morgan fingerprint density at radius 1 is 1.12 bits per heavy atom. The van der Waals surface area contributed by atoms with Crippen LogP contribution < -0.4 is 14.8 Å². The summed E-state index contributed by atoms with van der Waals surface area (Å²) < 4.78 is 38.8. The third-order valence-electron chi connectivity index (χ3n) is 5.06. The van der Waals surface area contributed by atoms with Gasteiger partial charge in [-0.3, -0.25) is 14.4 Å². The maximum Gasteiger partial charge on any atom is 0.261 e. The molecule has 0 aliphatic heterocycles. The molecule has 3 rings (SSSR count). The Hall–Kier alpha value is -3.30. The van der Waals surface area contributed by atoms with Crippen molar-refractivity contribution in [2.24, 2.45) is 0 Å². The fraction of sp³-hybridized carbons (Fsp3) is 0.261. The molecule has 1 aromatic heterocycles. The molecule has 8 nitrogen and oxygen atoms in total. The molecule has 2 N–H and O–H groups in total. The van der Waals surface area contributed by atoms with Crippen LogP contribution in [0, 0.1) is 6.92 Å². The van der Waals surface area contributed by atoms with Crippen LogP contribution in [-0.4, -0.2) is 47.0 Å². The van der Waals surface area contributed by atoms with Gasteiger partial charge in [-0.15, -0.1) is 0 Å². The molecular weight excluding hydrogens is 430 g/mol. The van der Waals surface area contributed by atoms with Crippen LogP contribution in [0.15, 0.2) is 70.2 Å².